The first-order chi connectivity index (χ1) is 9.31. The lowest BCUT2D eigenvalue weighted by Gasteiger charge is -2.16. The number of nitrogens with two attached hydrogens (primary N) is 2. The van der Waals surface area contributed by atoms with E-state index in [9.17, 15) is 9.59 Å². The molecule has 0 aliphatic rings. The molecule has 0 fully saturated rings. The number of imide groups is 1. The quantitative estimate of drug-likeness (QED) is 0.886. The molecule has 0 bridgehead atoms. The minimum absolute atomic E-state index is 0.0449. The Balaban J connectivity index is 2.47. The third kappa shape index (κ3) is 4.88. The molecule has 3 amide bonds. The Bertz CT molecular complexity index is 511. The maximum Gasteiger partial charge on any atom is 0.417 e. The van der Waals surface area contributed by atoms with Crippen LogP contribution < -0.4 is 11.5 Å². The van der Waals surface area contributed by atoms with E-state index in [4.69, 9.17) is 39.4 Å². The van der Waals surface area contributed by atoms with Gasteiger partial charge in [0.15, 0.2) is 0 Å². The third-order valence-corrected chi connectivity index (χ3v) is 3.25. The van der Waals surface area contributed by atoms with Crippen LogP contribution >= 0.6 is 23.2 Å². The zero-order chi connectivity index (χ0) is 15.3. The van der Waals surface area contributed by atoms with Crippen molar-refractivity contribution in [3.05, 3.63) is 33.8 Å². The summed E-state index contributed by atoms with van der Waals surface area (Å²) >= 11 is 11.7. The van der Waals surface area contributed by atoms with Crippen LogP contribution in [0.15, 0.2) is 18.2 Å². The van der Waals surface area contributed by atoms with Crippen LogP contribution in [0, 0.1) is 0 Å². The van der Waals surface area contributed by atoms with Gasteiger partial charge >= 0.3 is 12.1 Å². The molecule has 0 unspecified atom stereocenters. The van der Waals surface area contributed by atoms with Crippen molar-refractivity contribution in [2.75, 3.05) is 13.7 Å². The Morgan fingerprint density at radius 2 is 2.00 bits per heavy atom. The van der Waals surface area contributed by atoms with Crippen molar-refractivity contribution < 1.29 is 14.3 Å². The molecule has 1 rings (SSSR count). The van der Waals surface area contributed by atoms with Gasteiger partial charge in [-0.15, -0.1) is 0 Å². The second kappa shape index (κ2) is 7.33. The van der Waals surface area contributed by atoms with E-state index in [1.54, 1.807) is 18.2 Å². The van der Waals surface area contributed by atoms with Crippen molar-refractivity contribution >= 4 is 35.3 Å². The van der Waals surface area contributed by atoms with Crippen molar-refractivity contribution in [2.45, 2.75) is 12.5 Å². The summed E-state index contributed by atoms with van der Waals surface area (Å²) in [5.41, 5.74) is 11.6. The number of primary amides is 1. The van der Waals surface area contributed by atoms with E-state index >= 15 is 0 Å². The monoisotopic (exact) mass is 319 g/mol. The Kier molecular flexibility index (Phi) is 6.06. The van der Waals surface area contributed by atoms with Gasteiger partial charge in [0.25, 0.3) is 0 Å². The number of halogens is 2. The van der Waals surface area contributed by atoms with Gasteiger partial charge in [-0.2, -0.15) is 0 Å². The number of nitrogens with zero attached hydrogens (tertiary/aromatic N) is 1. The van der Waals surface area contributed by atoms with Gasteiger partial charge in [0.1, 0.15) is 6.61 Å². The molecule has 4 N–H and O–H groups in total. The molecule has 1 aromatic carbocycles. The van der Waals surface area contributed by atoms with Gasteiger partial charge in [0, 0.05) is 13.1 Å². The van der Waals surface area contributed by atoms with E-state index in [-0.39, 0.29) is 6.61 Å². The number of hydrogen-bond acceptors (Lipinski definition) is 4. The number of carbonyl (C=O) groups excluding carboxylic acids is 2. The molecule has 0 aromatic heterocycles. The smallest absolute Gasteiger partial charge is 0.417 e. The zero-order valence-corrected chi connectivity index (χ0v) is 12.3. The molecule has 0 aliphatic heterocycles. The second-order valence-electron chi connectivity index (χ2n) is 4.19. The molecule has 1 aromatic rings. The highest BCUT2D eigenvalue weighted by atomic mass is 35.5. The first-order valence-corrected chi connectivity index (χ1v) is 6.46. The van der Waals surface area contributed by atoms with E-state index in [1.165, 1.54) is 7.05 Å². The van der Waals surface area contributed by atoms with Crippen molar-refractivity contribution in [2.24, 2.45) is 11.5 Å². The van der Waals surface area contributed by atoms with Crippen molar-refractivity contribution in [3.63, 3.8) is 0 Å². The standard InChI is InChI=1S/C12H15Cl2N3O3/c1-17(11(16)18)12(19)20-6-8(15)4-7-2-3-9(13)10(14)5-7/h2-3,5,8H,4,6,15H2,1H3,(H2,16,18)/t8-/m1/s1. The summed E-state index contributed by atoms with van der Waals surface area (Å²) < 4.78 is 4.86. The molecule has 110 valence electrons. The highest BCUT2D eigenvalue weighted by molar-refractivity contribution is 6.42. The minimum Gasteiger partial charge on any atom is -0.447 e. The summed E-state index contributed by atoms with van der Waals surface area (Å²) in [6.45, 7) is -0.0449. The molecule has 0 saturated carbocycles. The maximum atomic E-state index is 11.3. The fourth-order valence-electron chi connectivity index (χ4n) is 1.39. The van der Waals surface area contributed by atoms with Gasteiger partial charge in [-0.05, 0) is 24.1 Å². The number of urea groups is 1. The molecule has 0 saturated heterocycles. The predicted molar refractivity (Wildman–Crippen MR) is 76.8 cm³/mol. The number of ether oxygens (including phenoxy) is 1. The molecule has 0 heterocycles. The van der Waals surface area contributed by atoms with Gasteiger partial charge < -0.3 is 16.2 Å². The van der Waals surface area contributed by atoms with Crippen molar-refractivity contribution in [3.8, 4) is 0 Å². The van der Waals surface area contributed by atoms with Crippen molar-refractivity contribution in [1.29, 1.82) is 0 Å². The predicted octanol–water partition coefficient (Wildman–Crippen LogP) is 2.01. The van der Waals surface area contributed by atoms with Gasteiger partial charge in [0.05, 0.1) is 10.0 Å². The number of rotatable bonds is 4. The SMILES string of the molecule is CN(C(N)=O)C(=O)OC[C@H](N)Cc1ccc(Cl)c(Cl)c1. The normalized spacial score (nSPS) is 11.8. The Morgan fingerprint density at radius 3 is 2.55 bits per heavy atom. The minimum atomic E-state index is -0.895. The summed E-state index contributed by atoms with van der Waals surface area (Å²) in [4.78, 5) is 22.7. The molecular weight excluding hydrogens is 305 g/mol. The zero-order valence-electron chi connectivity index (χ0n) is 10.8. The third-order valence-electron chi connectivity index (χ3n) is 2.51. The summed E-state index contributed by atoms with van der Waals surface area (Å²) in [6, 6.07) is 3.82. The van der Waals surface area contributed by atoms with Gasteiger partial charge in [0.2, 0.25) is 0 Å². The summed E-state index contributed by atoms with van der Waals surface area (Å²) in [5, 5.41) is 0.889. The lowest BCUT2D eigenvalue weighted by Crippen LogP contribution is -2.40. The number of benzene rings is 1. The Morgan fingerprint density at radius 1 is 1.35 bits per heavy atom. The lowest BCUT2D eigenvalue weighted by molar-refractivity contribution is 0.112. The van der Waals surface area contributed by atoms with E-state index < -0.39 is 18.2 Å². The lowest BCUT2D eigenvalue weighted by atomic mass is 10.1. The maximum absolute atomic E-state index is 11.3. The molecule has 8 heteroatoms. The van der Waals surface area contributed by atoms with Gasteiger partial charge in [-0.25, -0.2) is 14.5 Å². The molecule has 20 heavy (non-hydrogen) atoms. The van der Waals surface area contributed by atoms with E-state index in [0.29, 0.717) is 21.4 Å². The summed E-state index contributed by atoms with van der Waals surface area (Å²) in [6.07, 6.45) is -0.396. The van der Waals surface area contributed by atoms with Crippen LogP contribution in [0.2, 0.25) is 10.0 Å². The number of amides is 3. The highest BCUT2D eigenvalue weighted by Crippen LogP contribution is 2.23. The van der Waals surface area contributed by atoms with Crippen LogP contribution in [-0.2, 0) is 11.2 Å². The van der Waals surface area contributed by atoms with Crippen LogP contribution in [0.5, 0.6) is 0 Å². The molecule has 6 nitrogen and oxygen atoms in total. The number of carbonyl (C=O) groups is 2. The molecular formula is C12H15Cl2N3O3. The molecule has 0 radical (unpaired) electrons. The van der Waals surface area contributed by atoms with Crippen LogP contribution in [-0.4, -0.2) is 36.7 Å². The number of hydrogen-bond donors (Lipinski definition) is 2. The second-order valence-corrected chi connectivity index (χ2v) is 5.00. The van der Waals surface area contributed by atoms with Gasteiger partial charge in [-0.3, -0.25) is 0 Å². The van der Waals surface area contributed by atoms with Gasteiger partial charge in [-0.1, -0.05) is 29.3 Å². The summed E-state index contributed by atoms with van der Waals surface area (Å²) in [5.74, 6) is 0. The average Bonchev–Trinajstić information content (AvgIpc) is 2.39. The van der Waals surface area contributed by atoms with E-state index in [1.807, 2.05) is 0 Å². The molecule has 0 spiro atoms. The molecule has 0 aliphatic carbocycles. The Hall–Kier alpha value is -1.50. The fourth-order valence-corrected chi connectivity index (χ4v) is 1.71. The van der Waals surface area contributed by atoms with Crippen LogP contribution in [0.1, 0.15) is 5.56 Å². The van der Waals surface area contributed by atoms with E-state index in [0.717, 1.165) is 5.56 Å². The fraction of sp³-hybridized carbons (Fsp3) is 0.333. The highest BCUT2D eigenvalue weighted by Gasteiger charge is 2.16. The van der Waals surface area contributed by atoms with E-state index in [2.05, 4.69) is 0 Å². The average molecular weight is 320 g/mol. The van der Waals surface area contributed by atoms with Crippen LogP contribution in [0.3, 0.4) is 0 Å². The first-order valence-electron chi connectivity index (χ1n) is 5.70. The van der Waals surface area contributed by atoms with Crippen molar-refractivity contribution in [1.82, 2.24) is 4.90 Å². The largest absolute Gasteiger partial charge is 0.447 e. The topological polar surface area (TPSA) is 98.6 Å². The first kappa shape index (κ1) is 16.6. The van der Waals surface area contributed by atoms with Crippen LogP contribution in [0.25, 0.3) is 0 Å². The molecule has 1 atom stereocenters. The Labute approximate surface area is 126 Å². The summed E-state index contributed by atoms with van der Waals surface area (Å²) in [7, 11) is 1.22. The van der Waals surface area contributed by atoms with Crippen LogP contribution in [0.4, 0.5) is 9.59 Å².